The van der Waals surface area contributed by atoms with Gasteiger partial charge in [0.2, 0.25) is 11.1 Å². The highest BCUT2D eigenvalue weighted by atomic mass is 32.2. The molecule has 30 heavy (non-hydrogen) atoms. The van der Waals surface area contributed by atoms with Crippen LogP contribution in [0.3, 0.4) is 0 Å². The number of thioether (sulfide) groups is 1. The van der Waals surface area contributed by atoms with Crippen LogP contribution in [0.15, 0.2) is 53.7 Å². The van der Waals surface area contributed by atoms with Crippen LogP contribution in [-0.4, -0.2) is 33.1 Å². The summed E-state index contributed by atoms with van der Waals surface area (Å²) in [4.78, 5) is 12.5. The molecule has 3 aromatic rings. The zero-order valence-corrected chi connectivity index (χ0v) is 18.5. The highest BCUT2D eigenvalue weighted by Crippen LogP contribution is 2.29. The van der Waals surface area contributed by atoms with E-state index in [-0.39, 0.29) is 17.1 Å². The van der Waals surface area contributed by atoms with E-state index in [1.165, 1.54) is 16.4 Å². The van der Waals surface area contributed by atoms with Crippen LogP contribution in [0, 0.1) is 0 Å². The van der Waals surface area contributed by atoms with Crippen molar-refractivity contribution in [3.05, 3.63) is 54.1 Å². The van der Waals surface area contributed by atoms with E-state index in [0.717, 1.165) is 22.6 Å². The van der Waals surface area contributed by atoms with Crippen LogP contribution in [0.2, 0.25) is 0 Å². The van der Waals surface area contributed by atoms with Crippen molar-refractivity contribution in [1.29, 1.82) is 0 Å². The fourth-order valence-electron chi connectivity index (χ4n) is 3.00. The second kappa shape index (κ2) is 9.21. The van der Waals surface area contributed by atoms with E-state index in [0.29, 0.717) is 17.6 Å². The summed E-state index contributed by atoms with van der Waals surface area (Å²) in [6.45, 7) is 8.89. The molecule has 1 aromatic heterocycles. The zero-order valence-electron chi connectivity index (χ0n) is 17.7. The number of benzene rings is 2. The van der Waals surface area contributed by atoms with Crippen LogP contribution < -0.4 is 15.9 Å². The summed E-state index contributed by atoms with van der Waals surface area (Å²) < 4.78 is 6.85. The summed E-state index contributed by atoms with van der Waals surface area (Å²) >= 11 is 1.24. The first-order valence-corrected chi connectivity index (χ1v) is 10.7. The minimum Gasteiger partial charge on any atom is -0.494 e. The maximum atomic E-state index is 12.5. The average Bonchev–Trinajstić information content (AvgIpc) is 3.07. The maximum Gasteiger partial charge on any atom is 0.234 e. The molecule has 7 nitrogen and oxygen atoms in total. The Kier molecular flexibility index (Phi) is 6.66. The predicted molar refractivity (Wildman–Crippen MR) is 121 cm³/mol. The number of aromatic nitrogens is 3. The average molecular weight is 426 g/mol. The first-order valence-electron chi connectivity index (χ1n) is 9.75. The number of nitrogens with zero attached hydrogens (tertiary/aromatic N) is 3. The number of nitrogens with one attached hydrogen (secondary N) is 1. The van der Waals surface area contributed by atoms with E-state index in [9.17, 15) is 4.79 Å². The number of hydrogen-bond donors (Lipinski definition) is 2. The van der Waals surface area contributed by atoms with Gasteiger partial charge in [0.15, 0.2) is 5.82 Å². The monoisotopic (exact) mass is 425 g/mol. The van der Waals surface area contributed by atoms with Gasteiger partial charge in [-0.3, -0.25) is 4.79 Å². The van der Waals surface area contributed by atoms with Crippen molar-refractivity contribution in [2.75, 3.05) is 23.5 Å². The Balaban J connectivity index is 1.65. The summed E-state index contributed by atoms with van der Waals surface area (Å²) in [6, 6.07) is 15.3. The van der Waals surface area contributed by atoms with Gasteiger partial charge in [-0.25, -0.2) is 4.68 Å². The molecule has 3 rings (SSSR count). The Labute approximate surface area is 181 Å². The Morgan fingerprint density at radius 3 is 2.50 bits per heavy atom. The minimum atomic E-state index is -0.123. The molecule has 3 N–H and O–H groups in total. The highest BCUT2D eigenvalue weighted by Gasteiger charge is 2.19. The van der Waals surface area contributed by atoms with Crippen LogP contribution in [0.5, 0.6) is 5.75 Å². The molecule has 0 saturated carbocycles. The van der Waals surface area contributed by atoms with Gasteiger partial charge in [-0.1, -0.05) is 50.7 Å². The van der Waals surface area contributed by atoms with Gasteiger partial charge in [-0.2, -0.15) is 0 Å². The fourth-order valence-corrected chi connectivity index (χ4v) is 3.66. The SMILES string of the molecule is CCOc1ccc(-c2nnc(SCC(=O)Nc3ccccc3C(C)(C)C)n2N)cc1. The molecule has 0 radical (unpaired) electrons. The first kappa shape index (κ1) is 21.7. The van der Waals surface area contributed by atoms with Gasteiger partial charge in [0.05, 0.1) is 12.4 Å². The molecule has 0 aliphatic heterocycles. The van der Waals surface area contributed by atoms with Crippen molar-refractivity contribution < 1.29 is 9.53 Å². The lowest BCUT2D eigenvalue weighted by Gasteiger charge is -2.22. The molecular formula is C22H27N5O2S. The fraction of sp³-hybridized carbons (Fsp3) is 0.318. The molecule has 8 heteroatoms. The van der Waals surface area contributed by atoms with E-state index >= 15 is 0 Å². The number of para-hydroxylation sites is 1. The third-order valence-electron chi connectivity index (χ3n) is 4.43. The molecule has 0 bridgehead atoms. The number of amides is 1. The number of ether oxygens (including phenoxy) is 1. The van der Waals surface area contributed by atoms with Crippen LogP contribution in [-0.2, 0) is 10.2 Å². The summed E-state index contributed by atoms with van der Waals surface area (Å²) in [5, 5.41) is 11.8. The zero-order chi connectivity index (χ0) is 21.7. The molecule has 158 valence electrons. The Morgan fingerprint density at radius 1 is 1.13 bits per heavy atom. The molecule has 0 saturated heterocycles. The van der Waals surface area contributed by atoms with Gasteiger partial charge >= 0.3 is 0 Å². The standard InChI is InChI=1S/C22H27N5O2S/c1-5-29-16-12-10-15(11-13-16)20-25-26-21(27(20)23)30-14-19(28)24-18-9-7-6-8-17(18)22(2,3)4/h6-13H,5,14,23H2,1-4H3,(H,24,28). The first-order chi connectivity index (χ1) is 14.3. The highest BCUT2D eigenvalue weighted by molar-refractivity contribution is 7.99. The second-order valence-electron chi connectivity index (χ2n) is 7.77. The van der Waals surface area contributed by atoms with E-state index in [1.54, 1.807) is 0 Å². The molecule has 0 spiro atoms. The van der Waals surface area contributed by atoms with Crippen molar-refractivity contribution in [3.63, 3.8) is 0 Å². The molecule has 1 amide bonds. The van der Waals surface area contributed by atoms with Crippen molar-refractivity contribution in [2.24, 2.45) is 0 Å². The molecular weight excluding hydrogens is 398 g/mol. The normalized spacial score (nSPS) is 11.3. The van der Waals surface area contributed by atoms with E-state index in [4.69, 9.17) is 10.6 Å². The lowest BCUT2D eigenvalue weighted by molar-refractivity contribution is -0.113. The van der Waals surface area contributed by atoms with E-state index < -0.39 is 0 Å². The van der Waals surface area contributed by atoms with Gasteiger partial charge in [0.25, 0.3) is 0 Å². The summed E-state index contributed by atoms with van der Waals surface area (Å²) in [5.41, 5.74) is 2.66. The number of nitrogens with two attached hydrogens (primary N) is 1. The maximum absolute atomic E-state index is 12.5. The molecule has 1 heterocycles. The van der Waals surface area contributed by atoms with Gasteiger partial charge in [0, 0.05) is 11.3 Å². The number of rotatable bonds is 7. The van der Waals surface area contributed by atoms with Gasteiger partial charge in [-0.15, -0.1) is 10.2 Å². The second-order valence-corrected chi connectivity index (χ2v) is 8.71. The van der Waals surface area contributed by atoms with Crippen LogP contribution in [0.4, 0.5) is 5.69 Å². The molecule has 0 aliphatic carbocycles. The Hall–Kier alpha value is -3.00. The number of hydrogen-bond acceptors (Lipinski definition) is 6. The summed E-state index contributed by atoms with van der Waals surface area (Å²) in [5.74, 6) is 7.53. The minimum absolute atomic E-state index is 0.0684. The molecule has 0 atom stereocenters. The van der Waals surface area contributed by atoms with Gasteiger partial charge < -0.3 is 15.9 Å². The number of carbonyl (C=O) groups excluding carboxylic acids is 1. The van der Waals surface area contributed by atoms with Crippen molar-refractivity contribution in [2.45, 2.75) is 38.3 Å². The lowest BCUT2D eigenvalue weighted by Crippen LogP contribution is -2.20. The Morgan fingerprint density at radius 2 is 1.83 bits per heavy atom. The number of nitrogen functional groups attached to an aromatic ring is 1. The largest absolute Gasteiger partial charge is 0.494 e. The topological polar surface area (TPSA) is 95.1 Å². The molecule has 2 aromatic carbocycles. The van der Waals surface area contributed by atoms with Crippen molar-refractivity contribution >= 4 is 23.4 Å². The number of anilines is 1. The van der Waals surface area contributed by atoms with Crippen LogP contribution in [0.1, 0.15) is 33.3 Å². The third kappa shape index (κ3) is 5.13. The molecule has 0 aliphatic rings. The third-order valence-corrected chi connectivity index (χ3v) is 5.37. The van der Waals surface area contributed by atoms with Crippen molar-refractivity contribution in [3.8, 4) is 17.1 Å². The van der Waals surface area contributed by atoms with Crippen molar-refractivity contribution in [1.82, 2.24) is 14.9 Å². The Bertz CT molecular complexity index is 1010. The summed E-state index contributed by atoms with van der Waals surface area (Å²) in [7, 11) is 0. The lowest BCUT2D eigenvalue weighted by atomic mass is 9.86. The predicted octanol–water partition coefficient (Wildman–Crippen LogP) is 4.09. The molecule has 0 fully saturated rings. The quantitative estimate of drug-likeness (QED) is 0.437. The van der Waals surface area contributed by atoms with E-state index in [1.807, 2.05) is 55.5 Å². The van der Waals surface area contributed by atoms with E-state index in [2.05, 4.69) is 36.3 Å². The van der Waals surface area contributed by atoms with Gasteiger partial charge in [-0.05, 0) is 48.2 Å². The molecule has 0 unspecified atom stereocenters. The van der Waals surface area contributed by atoms with Gasteiger partial charge in [0.1, 0.15) is 5.75 Å². The van der Waals surface area contributed by atoms with Crippen LogP contribution >= 0.6 is 11.8 Å². The smallest absolute Gasteiger partial charge is 0.234 e. The number of carbonyl (C=O) groups is 1. The summed E-state index contributed by atoms with van der Waals surface area (Å²) in [6.07, 6.45) is 0. The van der Waals surface area contributed by atoms with Crippen LogP contribution in [0.25, 0.3) is 11.4 Å².